The van der Waals surface area contributed by atoms with E-state index in [0.717, 1.165) is 22.6 Å². The molecule has 0 saturated carbocycles. The quantitative estimate of drug-likeness (QED) is 0.660. The van der Waals surface area contributed by atoms with Gasteiger partial charge in [0, 0.05) is 10.6 Å². The molecule has 0 atom stereocenters. The summed E-state index contributed by atoms with van der Waals surface area (Å²) in [4.78, 5) is 0.949. The molecule has 1 nitrogen and oxygen atoms in total. The van der Waals surface area contributed by atoms with Gasteiger partial charge in [0.25, 0.3) is 0 Å². The fourth-order valence-electron chi connectivity index (χ4n) is 1.95. The fourth-order valence-corrected chi connectivity index (χ4v) is 3.00. The maximum absolute atomic E-state index is 12.5. The smallest absolute Gasteiger partial charge is 0.289 e. The van der Waals surface area contributed by atoms with Crippen LogP contribution in [0.4, 0.5) is 13.2 Å². The Morgan fingerprint density at radius 2 is 1.52 bits per heavy atom. The summed E-state index contributed by atoms with van der Waals surface area (Å²) in [6, 6.07) is 8.77. The van der Waals surface area contributed by atoms with Gasteiger partial charge in [0.2, 0.25) is 0 Å². The molecule has 5 heteroatoms. The SMILES string of the molecule is Cc1cc(SCc2ccc(C(F)(F)F)cc2)cc(C)c1[O]. The third-order valence-electron chi connectivity index (χ3n) is 3.12. The van der Waals surface area contributed by atoms with Crippen LogP contribution in [-0.2, 0) is 17.0 Å². The van der Waals surface area contributed by atoms with Gasteiger partial charge in [0.05, 0.1) is 5.56 Å². The minimum atomic E-state index is -4.30. The van der Waals surface area contributed by atoms with E-state index in [1.165, 1.54) is 23.9 Å². The van der Waals surface area contributed by atoms with Crippen LogP contribution in [0.2, 0.25) is 0 Å². The molecule has 0 N–H and O–H groups in total. The monoisotopic (exact) mass is 311 g/mol. The summed E-state index contributed by atoms with van der Waals surface area (Å²) >= 11 is 1.50. The van der Waals surface area contributed by atoms with Gasteiger partial charge in [-0.15, -0.1) is 11.8 Å². The zero-order valence-electron chi connectivity index (χ0n) is 11.6. The molecular weight excluding hydrogens is 297 g/mol. The van der Waals surface area contributed by atoms with Gasteiger partial charge in [-0.3, -0.25) is 5.11 Å². The molecule has 0 saturated heterocycles. The van der Waals surface area contributed by atoms with Crippen LogP contribution in [0.5, 0.6) is 5.75 Å². The van der Waals surface area contributed by atoms with Gasteiger partial charge in [-0.05, 0) is 54.8 Å². The Hall–Kier alpha value is -1.62. The lowest BCUT2D eigenvalue weighted by Gasteiger charge is -2.08. The van der Waals surface area contributed by atoms with Crippen molar-refractivity contribution in [2.24, 2.45) is 0 Å². The van der Waals surface area contributed by atoms with Crippen LogP contribution in [0.25, 0.3) is 0 Å². The lowest BCUT2D eigenvalue weighted by molar-refractivity contribution is -0.137. The number of hydrogen-bond donors (Lipinski definition) is 0. The molecule has 0 amide bonds. The highest BCUT2D eigenvalue weighted by Crippen LogP contribution is 2.32. The lowest BCUT2D eigenvalue weighted by Crippen LogP contribution is -2.04. The first-order valence-electron chi connectivity index (χ1n) is 6.34. The number of rotatable bonds is 3. The highest BCUT2D eigenvalue weighted by Gasteiger charge is 2.29. The zero-order valence-corrected chi connectivity index (χ0v) is 12.4. The van der Waals surface area contributed by atoms with Gasteiger partial charge >= 0.3 is 6.18 Å². The maximum atomic E-state index is 12.5. The minimum Gasteiger partial charge on any atom is -0.289 e. The van der Waals surface area contributed by atoms with Crippen LogP contribution in [0.1, 0.15) is 22.3 Å². The molecule has 111 valence electrons. The first kappa shape index (κ1) is 15.8. The molecule has 0 spiro atoms. The van der Waals surface area contributed by atoms with Gasteiger partial charge in [-0.25, -0.2) is 0 Å². The van der Waals surface area contributed by atoms with E-state index in [1.54, 1.807) is 13.8 Å². The highest BCUT2D eigenvalue weighted by atomic mass is 32.2. The maximum Gasteiger partial charge on any atom is 0.416 e. The normalized spacial score (nSPS) is 11.7. The highest BCUT2D eigenvalue weighted by molar-refractivity contribution is 7.98. The topological polar surface area (TPSA) is 19.9 Å². The molecule has 0 aliphatic heterocycles. The molecule has 2 aromatic rings. The second-order valence-electron chi connectivity index (χ2n) is 4.87. The Morgan fingerprint density at radius 3 is 2.00 bits per heavy atom. The summed E-state index contributed by atoms with van der Waals surface area (Å²) in [5, 5.41) is 11.6. The number of thioether (sulfide) groups is 1. The number of alkyl halides is 3. The standard InChI is InChI=1S/C16H14F3OS/c1-10-7-14(8-11(2)15(10)20)21-9-12-3-5-13(6-4-12)16(17,18)19/h3-8H,9H2,1-2H3. The Labute approximate surface area is 125 Å². The molecular formula is C16H14F3OS. The first-order chi connectivity index (χ1) is 9.77. The van der Waals surface area contributed by atoms with Gasteiger partial charge in [-0.1, -0.05) is 12.1 Å². The van der Waals surface area contributed by atoms with Crippen molar-refractivity contribution in [3.05, 3.63) is 58.7 Å². The van der Waals surface area contributed by atoms with E-state index in [9.17, 15) is 18.3 Å². The van der Waals surface area contributed by atoms with Gasteiger partial charge in [0.15, 0.2) is 5.75 Å². The second-order valence-corrected chi connectivity index (χ2v) is 5.92. The zero-order chi connectivity index (χ0) is 15.6. The minimum absolute atomic E-state index is 0.0360. The molecule has 0 aliphatic rings. The molecule has 0 bridgehead atoms. The van der Waals surface area contributed by atoms with E-state index in [2.05, 4.69) is 0 Å². The van der Waals surface area contributed by atoms with Crippen molar-refractivity contribution in [3.63, 3.8) is 0 Å². The van der Waals surface area contributed by atoms with Crippen molar-refractivity contribution < 1.29 is 18.3 Å². The fraction of sp³-hybridized carbons (Fsp3) is 0.250. The molecule has 2 rings (SSSR count). The number of hydrogen-bond acceptors (Lipinski definition) is 1. The summed E-state index contributed by atoms with van der Waals surface area (Å²) in [5.74, 6) is 0.601. The molecule has 21 heavy (non-hydrogen) atoms. The Bertz CT molecular complexity index is 610. The third-order valence-corrected chi connectivity index (χ3v) is 4.17. The number of halogens is 3. The predicted molar refractivity (Wildman–Crippen MR) is 77.1 cm³/mol. The third kappa shape index (κ3) is 3.94. The van der Waals surface area contributed by atoms with Crippen molar-refractivity contribution in [2.75, 3.05) is 0 Å². The second kappa shape index (κ2) is 6.02. The summed E-state index contributed by atoms with van der Waals surface area (Å²) in [6.07, 6.45) is -4.30. The van der Waals surface area contributed by atoms with Crippen LogP contribution in [0.3, 0.4) is 0 Å². The summed E-state index contributed by atoms with van der Waals surface area (Å²) in [5.41, 5.74) is 1.54. The predicted octanol–water partition coefficient (Wildman–Crippen LogP) is 5.76. The molecule has 0 aromatic heterocycles. The van der Waals surface area contributed by atoms with Crippen LogP contribution in [0.15, 0.2) is 41.3 Å². The lowest BCUT2D eigenvalue weighted by atomic mass is 10.1. The largest absolute Gasteiger partial charge is 0.416 e. The average Bonchev–Trinajstić information content (AvgIpc) is 2.42. The molecule has 1 radical (unpaired) electrons. The Kier molecular flexibility index (Phi) is 4.52. The van der Waals surface area contributed by atoms with E-state index in [4.69, 9.17) is 0 Å². The molecule has 2 aromatic carbocycles. The van der Waals surface area contributed by atoms with Gasteiger partial charge in [-0.2, -0.15) is 13.2 Å². The number of aryl methyl sites for hydroxylation is 2. The van der Waals surface area contributed by atoms with Crippen molar-refractivity contribution >= 4 is 11.8 Å². The summed E-state index contributed by atoms with van der Waals surface area (Å²) in [6.45, 7) is 3.52. The summed E-state index contributed by atoms with van der Waals surface area (Å²) in [7, 11) is 0. The average molecular weight is 311 g/mol. The van der Waals surface area contributed by atoms with Crippen molar-refractivity contribution in [2.45, 2.75) is 30.7 Å². The van der Waals surface area contributed by atoms with Crippen molar-refractivity contribution in [1.82, 2.24) is 0 Å². The van der Waals surface area contributed by atoms with E-state index < -0.39 is 11.7 Å². The van der Waals surface area contributed by atoms with Crippen LogP contribution in [0, 0.1) is 13.8 Å². The molecule has 0 fully saturated rings. The van der Waals surface area contributed by atoms with Crippen molar-refractivity contribution in [3.8, 4) is 5.75 Å². The van der Waals surface area contributed by atoms with E-state index in [1.807, 2.05) is 12.1 Å². The van der Waals surface area contributed by atoms with Crippen LogP contribution >= 0.6 is 11.8 Å². The van der Waals surface area contributed by atoms with Crippen molar-refractivity contribution in [1.29, 1.82) is 0 Å². The van der Waals surface area contributed by atoms with E-state index in [-0.39, 0.29) is 5.75 Å². The van der Waals surface area contributed by atoms with Crippen LogP contribution < -0.4 is 0 Å². The van der Waals surface area contributed by atoms with Crippen LogP contribution in [-0.4, -0.2) is 0 Å². The van der Waals surface area contributed by atoms with E-state index >= 15 is 0 Å². The number of benzene rings is 2. The van der Waals surface area contributed by atoms with E-state index in [0.29, 0.717) is 16.9 Å². The summed E-state index contributed by atoms with van der Waals surface area (Å²) < 4.78 is 37.4. The molecule has 0 heterocycles. The van der Waals surface area contributed by atoms with Gasteiger partial charge in [0.1, 0.15) is 0 Å². The first-order valence-corrected chi connectivity index (χ1v) is 7.33. The Balaban J connectivity index is 2.07. The molecule has 0 aliphatic carbocycles. The van der Waals surface area contributed by atoms with Gasteiger partial charge < -0.3 is 0 Å². The molecule has 0 unspecified atom stereocenters. The Morgan fingerprint density at radius 1 is 1.00 bits per heavy atom.